The normalized spacial score (nSPS) is 10.7. The number of aliphatic hydroxyl groups excluding tert-OH is 1. The maximum atomic E-state index is 11.2. The molecule has 0 amide bonds. The number of aliphatic hydroxyl groups is 1. The van der Waals surface area contributed by atoms with E-state index in [-0.39, 0.29) is 12.3 Å². The van der Waals surface area contributed by atoms with Crippen LogP contribution in [0.1, 0.15) is 23.8 Å². The number of para-hydroxylation sites is 1. The molecule has 2 N–H and O–H groups in total. The summed E-state index contributed by atoms with van der Waals surface area (Å²) in [7, 11) is 0. The second kappa shape index (κ2) is 6.34. The summed E-state index contributed by atoms with van der Waals surface area (Å²) in [6.07, 6.45) is 0.916. The average Bonchev–Trinajstić information content (AvgIpc) is 2.46. The van der Waals surface area contributed by atoms with Crippen LogP contribution in [0, 0.1) is 0 Å². The number of fused-ring (bicyclic) bond motifs is 1. The Labute approximate surface area is 117 Å². The molecule has 5 nitrogen and oxygen atoms in total. The molecule has 0 fully saturated rings. The molecule has 0 saturated carbocycles. The number of carboxylic acids is 1. The number of aromatic nitrogens is 1. The summed E-state index contributed by atoms with van der Waals surface area (Å²) in [5.41, 5.74) is 1.49. The van der Waals surface area contributed by atoms with E-state index >= 15 is 0 Å². The third-order valence-electron chi connectivity index (χ3n) is 3.12. The Morgan fingerprint density at radius 1 is 1.30 bits per heavy atom. The number of pyridine rings is 1. The predicted octanol–water partition coefficient (Wildman–Crippen LogP) is 2.14. The van der Waals surface area contributed by atoms with Gasteiger partial charge in [0.25, 0.3) is 0 Å². The smallest absolute Gasteiger partial charge is 0.354 e. The molecule has 5 heteroatoms. The zero-order chi connectivity index (χ0) is 14.5. The van der Waals surface area contributed by atoms with Gasteiger partial charge in [0, 0.05) is 24.2 Å². The Bertz CT molecular complexity index is 607. The van der Waals surface area contributed by atoms with E-state index in [1.54, 1.807) is 12.1 Å². The van der Waals surface area contributed by atoms with Gasteiger partial charge in [-0.25, -0.2) is 9.78 Å². The fourth-order valence-corrected chi connectivity index (χ4v) is 2.27. The molecule has 0 aliphatic carbocycles. The monoisotopic (exact) mass is 274 g/mol. The van der Waals surface area contributed by atoms with Crippen molar-refractivity contribution in [3.63, 3.8) is 0 Å². The van der Waals surface area contributed by atoms with Crippen molar-refractivity contribution in [2.75, 3.05) is 24.6 Å². The lowest BCUT2D eigenvalue weighted by atomic mass is 10.1. The van der Waals surface area contributed by atoms with Crippen LogP contribution >= 0.6 is 0 Å². The molecule has 0 unspecified atom stereocenters. The minimum atomic E-state index is -1.04. The van der Waals surface area contributed by atoms with E-state index in [0.717, 1.165) is 24.0 Å². The molecule has 0 aliphatic rings. The minimum absolute atomic E-state index is 0.0257. The topological polar surface area (TPSA) is 73.7 Å². The van der Waals surface area contributed by atoms with Crippen LogP contribution in [0.4, 0.5) is 5.69 Å². The number of aromatic carboxylic acids is 1. The lowest BCUT2D eigenvalue weighted by Gasteiger charge is -2.25. The highest BCUT2D eigenvalue weighted by atomic mass is 16.4. The highest BCUT2D eigenvalue weighted by molar-refractivity contribution is 5.97. The first kappa shape index (κ1) is 14.3. The zero-order valence-electron chi connectivity index (χ0n) is 11.4. The van der Waals surface area contributed by atoms with Crippen LogP contribution in [0.2, 0.25) is 0 Å². The third-order valence-corrected chi connectivity index (χ3v) is 3.12. The van der Waals surface area contributed by atoms with Gasteiger partial charge in [-0.2, -0.15) is 0 Å². The van der Waals surface area contributed by atoms with Gasteiger partial charge in [-0.3, -0.25) is 0 Å². The van der Waals surface area contributed by atoms with Crippen LogP contribution in [-0.4, -0.2) is 40.9 Å². The first-order valence-electron chi connectivity index (χ1n) is 6.66. The molecule has 20 heavy (non-hydrogen) atoms. The molecule has 0 aliphatic heterocycles. The standard InChI is InChI=1S/C15H18N2O3/c1-2-7-17(8-9-18)14-10-13(15(19)20)16-12-6-4-3-5-11(12)14/h3-6,10,18H,2,7-9H2,1H3,(H,19,20). The quantitative estimate of drug-likeness (QED) is 0.844. The SMILES string of the molecule is CCCN(CCO)c1cc(C(=O)O)nc2ccccc12. The summed E-state index contributed by atoms with van der Waals surface area (Å²) in [4.78, 5) is 17.4. The summed E-state index contributed by atoms with van der Waals surface area (Å²) in [5, 5.41) is 19.3. The van der Waals surface area contributed by atoms with E-state index < -0.39 is 5.97 Å². The van der Waals surface area contributed by atoms with Crippen molar-refractivity contribution >= 4 is 22.6 Å². The van der Waals surface area contributed by atoms with Gasteiger partial charge in [-0.1, -0.05) is 25.1 Å². The molecule has 0 saturated heterocycles. The van der Waals surface area contributed by atoms with Crippen molar-refractivity contribution in [1.82, 2.24) is 4.98 Å². The molecule has 0 spiro atoms. The number of anilines is 1. The van der Waals surface area contributed by atoms with Gasteiger partial charge < -0.3 is 15.1 Å². The largest absolute Gasteiger partial charge is 0.477 e. The van der Waals surface area contributed by atoms with Crippen molar-refractivity contribution < 1.29 is 15.0 Å². The van der Waals surface area contributed by atoms with Gasteiger partial charge in [0.1, 0.15) is 0 Å². The van der Waals surface area contributed by atoms with Gasteiger partial charge in [0.15, 0.2) is 5.69 Å². The lowest BCUT2D eigenvalue weighted by Crippen LogP contribution is -2.28. The van der Waals surface area contributed by atoms with Crippen molar-refractivity contribution in [3.05, 3.63) is 36.0 Å². The van der Waals surface area contributed by atoms with Crippen LogP contribution in [0.5, 0.6) is 0 Å². The van der Waals surface area contributed by atoms with Gasteiger partial charge in [-0.05, 0) is 18.6 Å². The van der Waals surface area contributed by atoms with Gasteiger partial charge >= 0.3 is 5.97 Å². The van der Waals surface area contributed by atoms with Crippen LogP contribution in [-0.2, 0) is 0 Å². The summed E-state index contributed by atoms with van der Waals surface area (Å²) in [5.74, 6) is -1.04. The summed E-state index contributed by atoms with van der Waals surface area (Å²) >= 11 is 0. The Balaban J connectivity index is 2.61. The number of rotatable bonds is 6. The number of hydrogen-bond acceptors (Lipinski definition) is 4. The van der Waals surface area contributed by atoms with Gasteiger partial charge in [-0.15, -0.1) is 0 Å². The Morgan fingerprint density at radius 3 is 2.70 bits per heavy atom. The van der Waals surface area contributed by atoms with E-state index in [0.29, 0.717) is 12.1 Å². The highest BCUT2D eigenvalue weighted by Gasteiger charge is 2.14. The van der Waals surface area contributed by atoms with E-state index in [1.807, 2.05) is 30.0 Å². The van der Waals surface area contributed by atoms with Crippen LogP contribution < -0.4 is 4.90 Å². The fourth-order valence-electron chi connectivity index (χ4n) is 2.27. The maximum absolute atomic E-state index is 11.2. The van der Waals surface area contributed by atoms with Crippen LogP contribution in [0.15, 0.2) is 30.3 Å². The molecule has 1 aromatic carbocycles. The van der Waals surface area contributed by atoms with Crippen molar-refractivity contribution in [2.24, 2.45) is 0 Å². The predicted molar refractivity (Wildman–Crippen MR) is 78.3 cm³/mol. The van der Waals surface area contributed by atoms with Gasteiger partial charge in [0.2, 0.25) is 0 Å². The molecular weight excluding hydrogens is 256 g/mol. The van der Waals surface area contributed by atoms with E-state index in [1.165, 1.54) is 0 Å². The number of carboxylic acid groups (broad SMARTS) is 1. The summed E-state index contributed by atoms with van der Waals surface area (Å²) in [6.45, 7) is 3.31. The summed E-state index contributed by atoms with van der Waals surface area (Å²) in [6, 6.07) is 9.03. The maximum Gasteiger partial charge on any atom is 0.354 e. The molecule has 2 rings (SSSR count). The molecule has 0 bridgehead atoms. The van der Waals surface area contributed by atoms with Crippen LogP contribution in [0.25, 0.3) is 10.9 Å². The molecule has 0 atom stereocenters. The fraction of sp³-hybridized carbons (Fsp3) is 0.333. The second-order valence-electron chi connectivity index (χ2n) is 4.56. The number of benzene rings is 1. The second-order valence-corrected chi connectivity index (χ2v) is 4.56. The molecule has 1 heterocycles. The number of hydrogen-bond donors (Lipinski definition) is 2. The zero-order valence-corrected chi connectivity index (χ0v) is 11.4. The molecule has 1 aromatic heterocycles. The van der Waals surface area contributed by atoms with E-state index in [4.69, 9.17) is 0 Å². The average molecular weight is 274 g/mol. The van der Waals surface area contributed by atoms with Crippen molar-refractivity contribution in [3.8, 4) is 0 Å². The molecule has 0 radical (unpaired) electrons. The Morgan fingerprint density at radius 2 is 2.05 bits per heavy atom. The highest BCUT2D eigenvalue weighted by Crippen LogP contribution is 2.27. The first-order valence-corrected chi connectivity index (χ1v) is 6.66. The number of carbonyl (C=O) groups is 1. The molecular formula is C15H18N2O3. The lowest BCUT2D eigenvalue weighted by molar-refractivity contribution is 0.0691. The summed E-state index contributed by atoms with van der Waals surface area (Å²) < 4.78 is 0. The van der Waals surface area contributed by atoms with Gasteiger partial charge in [0.05, 0.1) is 12.1 Å². The Kier molecular flexibility index (Phi) is 4.53. The van der Waals surface area contributed by atoms with E-state index in [9.17, 15) is 15.0 Å². The van der Waals surface area contributed by atoms with Crippen molar-refractivity contribution in [1.29, 1.82) is 0 Å². The molecule has 106 valence electrons. The first-order chi connectivity index (χ1) is 9.67. The van der Waals surface area contributed by atoms with E-state index in [2.05, 4.69) is 4.98 Å². The minimum Gasteiger partial charge on any atom is -0.477 e. The Hall–Kier alpha value is -2.14. The number of nitrogens with zero attached hydrogens (tertiary/aromatic N) is 2. The molecule has 2 aromatic rings. The van der Waals surface area contributed by atoms with Crippen LogP contribution in [0.3, 0.4) is 0 Å². The van der Waals surface area contributed by atoms with Crippen molar-refractivity contribution in [2.45, 2.75) is 13.3 Å². The third kappa shape index (κ3) is 2.88.